The highest BCUT2D eigenvalue weighted by Crippen LogP contribution is 2.41. The first-order valence-corrected chi connectivity index (χ1v) is 18.1. The molecule has 3 heterocycles. The van der Waals surface area contributed by atoms with Crippen molar-refractivity contribution in [1.82, 2.24) is 0 Å². The van der Waals surface area contributed by atoms with Crippen LogP contribution in [0.25, 0.3) is 0 Å². The Bertz CT molecular complexity index is 1280. The highest BCUT2D eigenvalue weighted by Gasteiger charge is 2.48. The van der Waals surface area contributed by atoms with Gasteiger partial charge in [-0.3, -0.25) is 0 Å². The van der Waals surface area contributed by atoms with Gasteiger partial charge in [0.2, 0.25) is 0 Å². The third-order valence-electron chi connectivity index (χ3n) is 9.45. The van der Waals surface area contributed by atoms with Crippen LogP contribution in [0.15, 0.2) is 84.3 Å². The highest BCUT2D eigenvalue weighted by molar-refractivity contribution is 7.91. The maximum absolute atomic E-state index is 13.5. The van der Waals surface area contributed by atoms with E-state index in [2.05, 4.69) is 26.7 Å². The second-order valence-corrected chi connectivity index (χ2v) is 14.9. The van der Waals surface area contributed by atoms with E-state index in [9.17, 15) is 13.5 Å². The predicted molar refractivity (Wildman–Crippen MR) is 179 cm³/mol. The van der Waals surface area contributed by atoms with Gasteiger partial charge in [-0.1, -0.05) is 56.5 Å². The molecule has 1 aromatic carbocycles. The molecule has 0 aromatic heterocycles. The Morgan fingerprint density at radius 3 is 2.54 bits per heavy atom. The second kappa shape index (κ2) is 17.3. The quantitative estimate of drug-likeness (QED) is 0.183. The van der Waals surface area contributed by atoms with Crippen LogP contribution in [0.2, 0.25) is 0 Å². The van der Waals surface area contributed by atoms with E-state index in [0.717, 1.165) is 36.8 Å². The molecule has 9 nitrogen and oxygen atoms in total. The summed E-state index contributed by atoms with van der Waals surface area (Å²) in [7, 11) is -2.08. The van der Waals surface area contributed by atoms with Crippen molar-refractivity contribution in [1.29, 1.82) is 0 Å². The summed E-state index contributed by atoms with van der Waals surface area (Å²) >= 11 is 0. The Morgan fingerprint density at radius 1 is 1.09 bits per heavy atom. The molecule has 0 bridgehead atoms. The fourth-order valence-electron chi connectivity index (χ4n) is 6.92. The Balaban J connectivity index is 1.42. The van der Waals surface area contributed by atoms with Gasteiger partial charge in [0, 0.05) is 38.8 Å². The van der Waals surface area contributed by atoms with Gasteiger partial charge in [-0.15, -0.1) is 6.58 Å². The summed E-state index contributed by atoms with van der Waals surface area (Å²) in [5, 5.41) is 10.4. The van der Waals surface area contributed by atoms with Gasteiger partial charge in [-0.2, -0.15) is 0 Å². The third kappa shape index (κ3) is 9.70. The number of methoxy groups -OCH3 is 1. The number of nitrogens with two attached hydrogens (primary N) is 1. The highest BCUT2D eigenvalue weighted by atomic mass is 32.2. The normalized spacial score (nSPS) is 32.7. The van der Waals surface area contributed by atoms with Crippen LogP contribution in [0.1, 0.15) is 45.4 Å². The summed E-state index contributed by atoms with van der Waals surface area (Å²) in [5.74, 6) is -0.395. The minimum Gasteiger partial charge on any atom is -0.392 e. The average molecular weight is 660 g/mol. The standard InChI is InChI=1S/C36H53NO8S/c1-6-16-42-17-10-11-28-19-25(3)32(43-28)15-14-29-18-24(2)26(4)33(44-29)21-34-31(23-46(39,40)30-12-8-7-9-13-30)36(41-5)35(45-34)20-27(38)22-37/h6-13,24,27-29,31-36,38H,1,3-4,14-23,37H2,2,5H3/b11-10+/t24-,27+,28?,29+,31+,32?,33?,34+,35?,36-/m1/s1. The number of hydrogen-bond donors (Lipinski definition) is 2. The van der Waals surface area contributed by atoms with Crippen LogP contribution >= 0.6 is 0 Å². The number of ether oxygens (including phenoxy) is 5. The zero-order valence-corrected chi connectivity index (χ0v) is 28.2. The fourth-order valence-corrected chi connectivity index (χ4v) is 8.59. The molecule has 0 spiro atoms. The van der Waals surface area contributed by atoms with E-state index in [4.69, 9.17) is 29.4 Å². The van der Waals surface area contributed by atoms with Crippen LogP contribution in [0.3, 0.4) is 0 Å². The SMILES string of the molecule is C=CCOC/C=C/C1CC(=C)C(CC[C@H]2C[C@@H](C)C(=C)C(C[C@@H]3OC(C[C@H](O)CN)[C@H](OC)[C@H]3CS(=O)(=O)c3ccccc3)O2)O1. The molecule has 256 valence electrons. The summed E-state index contributed by atoms with van der Waals surface area (Å²) < 4.78 is 57.8. The topological polar surface area (TPSA) is 127 Å². The zero-order valence-electron chi connectivity index (χ0n) is 27.4. The van der Waals surface area contributed by atoms with E-state index < -0.39 is 40.2 Å². The lowest BCUT2D eigenvalue weighted by Gasteiger charge is -2.38. The number of sulfone groups is 1. The minimum atomic E-state index is -3.64. The lowest BCUT2D eigenvalue weighted by Crippen LogP contribution is -2.40. The molecule has 1 aromatic rings. The molecule has 3 saturated heterocycles. The number of aliphatic hydroxyl groups is 1. The molecule has 10 atom stereocenters. The molecule has 46 heavy (non-hydrogen) atoms. The Labute approximate surface area is 275 Å². The molecule has 0 radical (unpaired) electrons. The Kier molecular flexibility index (Phi) is 13.8. The van der Waals surface area contributed by atoms with Crippen molar-refractivity contribution < 1.29 is 37.2 Å². The molecule has 0 saturated carbocycles. The Morgan fingerprint density at radius 2 is 1.85 bits per heavy atom. The van der Waals surface area contributed by atoms with Crippen molar-refractivity contribution in [3.05, 3.63) is 79.4 Å². The van der Waals surface area contributed by atoms with Gasteiger partial charge in [-0.05, 0) is 48.5 Å². The molecule has 3 aliphatic heterocycles. The summed E-state index contributed by atoms with van der Waals surface area (Å²) in [5.41, 5.74) is 7.78. The van der Waals surface area contributed by atoms with Crippen LogP contribution in [0, 0.1) is 11.8 Å². The number of rotatable bonds is 17. The van der Waals surface area contributed by atoms with Gasteiger partial charge < -0.3 is 34.5 Å². The predicted octanol–water partition coefficient (Wildman–Crippen LogP) is 4.56. The van der Waals surface area contributed by atoms with E-state index in [1.807, 2.05) is 12.2 Å². The van der Waals surface area contributed by atoms with Gasteiger partial charge in [0.15, 0.2) is 9.84 Å². The number of aliphatic hydroxyl groups excluding tert-OH is 1. The molecular weight excluding hydrogens is 606 g/mol. The van der Waals surface area contributed by atoms with Gasteiger partial charge in [-0.25, -0.2) is 8.42 Å². The van der Waals surface area contributed by atoms with E-state index in [1.54, 1.807) is 43.5 Å². The Hall–Kier alpha value is -2.15. The first-order valence-electron chi connectivity index (χ1n) is 16.4. The molecule has 3 aliphatic rings. The minimum absolute atomic E-state index is 0.00775. The first kappa shape index (κ1) is 36.7. The van der Waals surface area contributed by atoms with Gasteiger partial charge in [0.1, 0.15) is 0 Å². The van der Waals surface area contributed by atoms with Gasteiger partial charge in [0.05, 0.1) is 72.7 Å². The molecule has 0 amide bonds. The molecule has 4 unspecified atom stereocenters. The molecule has 4 rings (SSSR count). The van der Waals surface area contributed by atoms with E-state index in [0.29, 0.717) is 19.6 Å². The van der Waals surface area contributed by atoms with Crippen LogP contribution < -0.4 is 5.73 Å². The molecule has 0 aliphatic carbocycles. The van der Waals surface area contributed by atoms with Crippen molar-refractivity contribution >= 4 is 9.84 Å². The molecule has 3 N–H and O–H groups in total. The monoisotopic (exact) mass is 659 g/mol. The van der Waals surface area contributed by atoms with E-state index in [1.165, 1.54) is 0 Å². The summed E-state index contributed by atoms with van der Waals surface area (Å²) in [4.78, 5) is 0.260. The summed E-state index contributed by atoms with van der Waals surface area (Å²) in [6.07, 6.45) is 7.02. The van der Waals surface area contributed by atoms with Crippen molar-refractivity contribution in [2.24, 2.45) is 17.6 Å². The zero-order chi connectivity index (χ0) is 33.3. The smallest absolute Gasteiger partial charge is 0.178 e. The van der Waals surface area contributed by atoms with Crippen LogP contribution in [-0.2, 0) is 33.5 Å². The maximum Gasteiger partial charge on any atom is 0.178 e. The van der Waals surface area contributed by atoms with Crippen LogP contribution in [0.5, 0.6) is 0 Å². The molecule has 10 heteroatoms. The van der Waals surface area contributed by atoms with Crippen molar-refractivity contribution in [3.63, 3.8) is 0 Å². The van der Waals surface area contributed by atoms with Crippen LogP contribution in [-0.4, -0.2) is 95.0 Å². The van der Waals surface area contributed by atoms with Gasteiger partial charge in [0.25, 0.3) is 0 Å². The van der Waals surface area contributed by atoms with Crippen LogP contribution in [0.4, 0.5) is 0 Å². The third-order valence-corrected chi connectivity index (χ3v) is 11.3. The number of benzene rings is 1. The van der Waals surface area contributed by atoms with Crippen molar-refractivity contribution in [2.45, 2.75) is 99.2 Å². The molecular formula is C36H53NO8S. The maximum atomic E-state index is 13.5. The van der Waals surface area contributed by atoms with E-state index >= 15 is 0 Å². The lowest BCUT2D eigenvalue weighted by molar-refractivity contribution is -0.0766. The summed E-state index contributed by atoms with van der Waals surface area (Å²) in [6, 6.07) is 8.44. The average Bonchev–Trinajstić information content (AvgIpc) is 3.55. The summed E-state index contributed by atoms with van der Waals surface area (Å²) in [6.45, 7) is 15.6. The van der Waals surface area contributed by atoms with Crippen molar-refractivity contribution in [3.8, 4) is 0 Å². The second-order valence-electron chi connectivity index (χ2n) is 12.8. The first-order chi connectivity index (χ1) is 22.1. The molecule has 3 fully saturated rings. The van der Waals surface area contributed by atoms with Crippen molar-refractivity contribution in [2.75, 3.05) is 32.6 Å². The fraction of sp³-hybridized carbons (Fsp3) is 0.611. The number of hydrogen-bond acceptors (Lipinski definition) is 9. The van der Waals surface area contributed by atoms with E-state index in [-0.39, 0.29) is 53.9 Å². The van der Waals surface area contributed by atoms with Gasteiger partial charge >= 0.3 is 0 Å². The largest absolute Gasteiger partial charge is 0.392 e. The lowest BCUT2D eigenvalue weighted by atomic mass is 9.83.